The molecule has 0 spiro atoms. The molecule has 1 saturated heterocycles. The fraction of sp³-hybridized carbons (Fsp3) is 0.273. The number of pyridine rings is 1. The van der Waals surface area contributed by atoms with Crippen LogP contribution < -0.4 is 4.90 Å². The van der Waals surface area contributed by atoms with E-state index in [9.17, 15) is 9.90 Å². The molecule has 2 aromatic carbocycles. The number of piperazine rings is 1. The minimum Gasteiger partial charge on any atom is -0.478 e. The minimum atomic E-state index is -0.875. The number of carboxylic acid groups (broad SMARTS) is 1. The monoisotopic (exact) mass is 361 g/mol. The summed E-state index contributed by atoms with van der Waals surface area (Å²) in [7, 11) is 0. The number of hydrogen-bond acceptors (Lipinski definition) is 4. The van der Waals surface area contributed by atoms with Crippen LogP contribution in [0, 0.1) is 0 Å². The lowest BCUT2D eigenvalue weighted by molar-refractivity contribution is 0.0696. The first-order valence-electron chi connectivity index (χ1n) is 9.26. The Kier molecular flexibility index (Phi) is 4.77. The third-order valence-corrected chi connectivity index (χ3v) is 5.32. The van der Waals surface area contributed by atoms with E-state index < -0.39 is 5.97 Å². The zero-order valence-electron chi connectivity index (χ0n) is 15.4. The van der Waals surface area contributed by atoms with Crippen molar-refractivity contribution in [1.82, 2.24) is 9.88 Å². The Balaban J connectivity index is 1.49. The van der Waals surface area contributed by atoms with E-state index in [-0.39, 0.29) is 0 Å². The van der Waals surface area contributed by atoms with Crippen LogP contribution in [0.3, 0.4) is 0 Å². The van der Waals surface area contributed by atoms with Crippen LogP contribution in [0.15, 0.2) is 60.9 Å². The number of benzene rings is 2. The number of aromatic carboxylic acids is 1. The normalized spacial score (nSPS) is 18.0. The maximum absolute atomic E-state index is 11.2. The van der Waals surface area contributed by atoms with Gasteiger partial charge in [0, 0.05) is 61.1 Å². The third-order valence-electron chi connectivity index (χ3n) is 5.32. The molecule has 4 rings (SSSR count). The van der Waals surface area contributed by atoms with Gasteiger partial charge in [0.05, 0.1) is 5.56 Å². The molecule has 138 valence electrons. The molecule has 1 unspecified atom stereocenters. The van der Waals surface area contributed by atoms with Crippen molar-refractivity contribution in [2.75, 3.05) is 24.5 Å². The van der Waals surface area contributed by atoms with Gasteiger partial charge in [-0.3, -0.25) is 9.88 Å². The van der Waals surface area contributed by atoms with Gasteiger partial charge in [-0.15, -0.1) is 0 Å². The van der Waals surface area contributed by atoms with Crippen molar-refractivity contribution in [1.29, 1.82) is 0 Å². The molecule has 0 saturated carbocycles. The molecule has 3 aromatic rings. The number of carbonyl (C=O) groups is 1. The summed E-state index contributed by atoms with van der Waals surface area (Å²) in [5.74, 6) is -0.875. The molecule has 5 heteroatoms. The zero-order chi connectivity index (χ0) is 18.8. The van der Waals surface area contributed by atoms with Gasteiger partial charge in [0.2, 0.25) is 0 Å². The summed E-state index contributed by atoms with van der Waals surface area (Å²) in [4.78, 5) is 20.3. The van der Waals surface area contributed by atoms with Crippen LogP contribution >= 0.6 is 0 Å². The molecule has 5 nitrogen and oxygen atoms in total. The molecule has 1 aromatic heterocycles. The molecule has 1 aliphatic heterocycles. The smallest absolute Gasteiger partial charge is 0.335 e. The second-order valence-electron chi connectivity index (χ2n) is 7.14. The first-order valence-corrected chi connectivity index (χ1v) is 9.26. The van der Waals surface area contributed by atoms with Crippen molar-refractivity contribution in [3.63, 3.8) is 0 Å². The predicted octanol–water partition coefficient (Wildman–Crippen LogP) is 3.64. The summed E-state index contributed by atoms with van der Waals surface area (Å²) in [6.07, 6.45) is 3.76. The van der Waals surface area contributed by atoms with Crippen molar-refractivity contribution in [2.45, 2.75) is 19.5 Å². The van der Waals surface area contributed by atoms with Gasteiger partial charge in [-0.1, -0.05) is 24.3 Å². The molecular weight excluding hydrogens is 338 g/mol. The van der Waals surface area contributed by atoms with Gasteiger partial charge in [-0.2, -0.15) is 0 Å². The van der Waals surface area contributed by atoms with E-state index in [1.54, 1.807) is 12.1 Å². The van der Waals surface area contributed by atoms with Crippen molar-refractivity contribution in [3.05, 3.63) is 72.1 Å². The molecule has 1 N–H and O–H groups in total. The quantitative estimate of drug-likeness (QED) is 0.769. The average Bonchev–Trinajstić information content (AvgIpc) is 2.69. The van der Waals surface area contributed by atoms with Crippen LogP contribution in [-0.2, 0) is 6.54 Å². The lowest BCUT2D eigenvalue weighted by Crippen LogP contribution is -2.51. The molecule has 0 bridgehead atoms. The second kappa shape index (κ2) is 7.37. The van der Waals surface area contributed by atoms with Gasteiger partial charge in [-0.25, -0.2) is 4.79 Å². The highest BCUT2D eigenvalue weighted by Gasteiger charge is 2.25. The number of rotatable bonds is 4. The van der Waals surface area contributed by atoms with Crippen molar-refractivity contribution < 1.29 is 9.90 Å². The molecule has 1 aliphatic rings. The Morgan fingerprint density at radius 2 is 2.04 bits per heavy atom. The van der Waals surface area contributed by atoms with E-state index >= 15 is 0 Å². The van der Waals surface area contributed by atoms with Gasteiger partial charge in [0.15, 0.2) is 0 Å². The van der Waals surface area contributed by atoms with Crippen LogP contribution in [0.1, 0.15) is 22.8 Å². The number of nitrogens with zero attached hydrogens (tertiary/aromatic N) is 3. The van der Waals surface area contributed by atoms with Gasteiger partial charge in [0.1, 0.15) is 0 Å². The van der Waals surface area contributed by atoms with Gasteiger partial charge < -0.3 is 10.0 Å². The van der Waals surface area contributed by atoms with E-state index in [0.717, 1.165) is 37.1 Å². The molecule has 0 radical (unpaired) electrons. The summed E-state index contributed by atoms with van der Waals surface area (Å²) >= 11 is 0. The maximum Gasteiger partial charge on any atom is 0.335 e. The molecule has 2 heterocycles. The molecule has 1 fully saturated rings. The van der Waals surface area contributed by atoms with E-state index in [0.29, 0.717) is 11.6 Å². The van der Waals surface area contributed by atoms with E-state index in [1.165, 1.54) is 11.1 Å². The Morgan fingerprint density at radius 3 is 2.85 bits per heavy atom. The molecule has 1 atom stereocenters. The Morgan fingerprint density at radius 1 is 1.19 bits per heavy atom. The van der Waals surface area contributed by atoms with Crippen LogP contribution in [-0.4, -0.2) is 46.6 Å². The number of aromatic nitrogens is 1. The molecule has 0 amide bonds. The summed E-state index contributed by atoms with van der Waals surface area (Å²) in [6, 6.07) is 16.1. The highest BCUT2D eigenvalue weighted by atomic mass is 16.4. The fourth-order valence-electron chi connectivity index (χ4n) is 3.87. The molecule has 27 heavy (non-hydrogen) atoms. The number of anilines is 1. The van der Waals surface area contributed by atoms with Crippen LogP contribution in [0.4, 0.5) is 5.69 Å². The SMILES string of the molecule is CC1CN(c2cccc3cnccc23)CCN1Cc1cccc(C(=O)O)c1. The first kappa shape index (κ1) is 17.5. The van der Waals surface area contributed by atoms with E-state index in [2.05, 4.69) is 46.0 Å². The lowest BCUT2D eigenvalue weighted by Gasteiger charge is -2.41. The van der Waals surface area contributed by atoms with E-state index in [4.69, 9.17) is 0 Å². The Labute approximate surface area is 158 Å². The van der Waals surface area contributed by atoms with Crippen LogP contribution in [0.5, 0.6) is 0 Å². The average molecular weight is 361 g/mol. The first-order chi connectivity index (χ1) is 13.1. The minimum absolute atomic E-state index is 0.350. The largest absolute Gasteiger partial charge is 0.478 e. The second-order valence-corrected chi connectivity index (χ2v) is 7.14. The highest BCUT2D eigenvalue weighted by molar-refractivity contribution is 5.93. The van der Waals surface area contributed by atoms with Gasteiger partial charge in [0.25, 0.3) is 0 Å². The Hall–Kier alpha value is -2.92. The van der Waals surface area contributed by atoms with E-state index in [1.807, 2.05) is 24.5 Å². The third kappa shape index (κ3) is 3.64. The molecule has 0 aliphatic carbocycles. The summed E-state index contributed by atoms with van der Waals surface area (Å²) < 4.78 is 0. The number of hydrogen-bond donors (Lipinski definition) is 1. The van der Waals surface area contributed by atoms with Gasteiger partial charge >= 0.3 is 5.97 Å². The standard InChI is InChI=1S/C22H23N3O2/c1-16-14-25(21-7-3-6-19-13-23-9-8-20(19)21)11-10-24(16)15-17-4-2-5-18(12-17)22(26)27/h2-9,12-13,16H,10-11,14-15H2,1H3,(H,26,27). The van der Waals surface area contributed by atoms with Crippen LogP contribution in [0.25, 0.3) is 10.8 Å². The number of carboxylic acids is 1. The van der Waals surface area contributed by atoms with Gasteiger partial charge in [-0.05, 0) is 36.8 Å². The van der Waals surface area contributed by atoms with Crippen molar-refractivity contribution in [2.24, 2.45) is 0 Å². The summed E-state index contributed by atoms with van der Waals surface area (Å²) in [5.41, 5.74) is 2.66. The highest BCUT2D eigenvalue weighted by Crippen LogP contribution is 2.28. The molecular formula is C22H23N3O2. The topological polar surface area (TPSA) is 56.7 Å². The summed E-state index contributed by atoms with van der Waals surface area (Å²) in [6.45, 7) is 5.85. The zero-order valence-corrected chi connectivity index (χ0v) is 15.4. The summed E-state index contributed by atoms with van der Waals surface area (Å²) in [5, 5.41) is 11.6. The predicted molar refractivity (Wildman–Crippen MR) is 107 cm³/mol. The van der Waals surface area contributed by atoms with Crippen molar-refractivity contribution in [3.8, 4) is 0 Å². The van der Waals surface area contributed by atoms with Crippen LogP contribution in [0.2, 0.25) is 0 Å². The lowest BCUT2D eigenvalue weighted by atomic mass is 10.1. The number of fused-ring (bicyclic) bond motifs is 1. The van der Waals surface area contributed by atoms with Crippen molar-refractivity contribution >= 4 is 22.4 Å². The Bertz CT molecular complexity index is 967. The maximum atomic E-state index is 11.2. The fourth-order valence-corrected chi connectivity index (χ4v) is 3.87.